The van der Waals surface area contributed by atoms with Crippen molar-refractivity contribution in [3.63, 3.8) is 0 Å². The zero-order chi connectivity index (χ0) is 20.9. The van der Waals surface area contributed by atoms with Crippen molar-refractivity contribution in [3.8, 4) is 11.5 Å². The molecule has 2 nitrogen and oxygen atoms in total. The van der Waals surface area contributed by atoms with Crippen molar-refractivity contribution < 1.29 is 9.47 Å². The fourth-order valence-corrected chi connectivity index (χ4v) is 3.85. The van der Waals surface area contributed by atoms with E-state index in [1.54, 1.807) is 0 Å². The molecule has 0 heterocycles. The Morgan fingerprint density at radius 1 is 0.828 bits per heavy atom. The van der Waals surface area contributed by atoms with Crippen LogP contribution in [-0.2, 0) is 6.42 Å². The fourth-order valence-electron chi connectivity index (χ4n) is 3.69. The van der Waals surface area contributed by atoms with E-state index in [-0.39, 0.29) is 0 Å². The van der Waals surface area contributed by atoms with E-state index in [9.17, 15) is 0 Å². The van der Waals surface area contributed by atoms with Crippen LogP contribution in [0.5, 0.6) is 11.5 Å². The van der Waals surface area contributed by atoms with Gasteiger partial charge < -0.3 is 9.47 Å². The largest absolute Gasteiger partial charge is 0.494 e. The van der Waals surface area contributed by atoms with Gasteiger partial charge in [0.05, 0.1) is 13.2 Å². The maximum absolute atomic E-state index is 6.20. The van der Waals surface area contributed by atoms with Gasteiger partial charge >= 0.3 is 0 Å². The quantitative estimate of drug-likeness (QED) is 0.214. The van der Waals surface area contributed by atoms with E-state index in [0.29, 0.717) is 5.38 Å². The minimum absolute atomic E-state index is 0.301. The van der Waals surface area contributed by atoms with Crippen LogP contribution in [0.4, 0.5) is 0 Å². The van der Waals surface area contributed by atoms with Gasteiger partial charge in [-0.25, -0.2) is 0 Å². The molecule has 3 heteroatoms. The number of fused-ring (bicyclic) bond motifs is 1. The maximum atomic E-state index is 6.20. The van der Waals surface area contributed by atoms with E-state index in [4.69, 9.17) is 21.1 Å². The van der Waals surface area contributed by atoms with Crippen molar-refractivity contribution in [1.29, 1.82) is 0 Å². The molecule has 0 fully saturated rings. The molecule has 2 aromatic rings. The Labute approximate surface area is 182 Å². The zero-order valence-electron chi connectivity index (χ0n) is 18.6. The number of aryl methyl sites for hydroxylation is 1. The van der Waals surface area contributed by atoms with Crippen molar-refractivity contribution in [2.75, 3.05) is 13.2 Å². The highest BCUT2D eigenvalue weighted by molar-refractivity contribution is 6.20. The second kappa shape index (κ2) is 13.7. The van der Waals surface area contributed by atoms with Crippen molar-refractivity contribution in [1.82, 2.24) is 0 Å². The molecule has 2 rings (SSSR count). The molecule has 29 heavy (non-hydrogen) atoms. The molecule has 1 unspecified atom stereocenters. The second-order valence-electron chi connectivity index (χ2n) is 7.89. The van der Waals surface area contributed by atoms with Crippen LogP contribution in [0.1, 0.15) is 84.1 Å². The minimum Gasteiger partial charge on any atom is -0.494 e. The third-order valence-corrected chi connectivity index (χ3v) is 6.07. The molecule has 0 bridgehead atoms. The molecule has 1 atom stereocenters. The number of rotatable bonds is 15. The lowest BCUT2D eigenvalue weighted by molar-refractivity contribution is 0.302. The standard InChI is InChI=1S/C26H39ClO2/c1-4-7-8-9-11-18-28-23-15-16-25-21(20-23)14-17-26(24(25)6-3)29-19-12-10-13-22(27)5-2/h14-17,20,22H,4-13,18-19H2,1-3H3. The van der Waals surface area contributed by atoms with Crippen LogP contribution >= 0.6 is 11.6 Å². The summed E-state index contributed by atoms with van der Waals surface area (Å²) in [7, 11) is 0. The first-order valence-electron chi connectivity index (χ1n) is 11.6. The number of hydrogen-bond donors (Lipinski definition) is 0. The van der Waals surface area contributed by atoms with E-state index in [1.807, 2.05) is 0 Å². The summed E-state index contributed by atoms with van der Waals surface area (Å²) in [5.41, 5.74) is 1.29. The molecular formula is C26H39ClO2. The monoisotopic (exact) mass is 418 g/mol. The lowest BCUT2D eigenvalue weighted by Gasteiger charge is -2.14. The smallest absolute Gasteiger partial charge is 0.123 e. The van der Waals surface area contributed by atoms with Crippen molar-refractivity contribution in [3.05, 3.63) is 35.9 Å². The number of ether oxygens (including phenoxy) is 2. The van der Waals surface area contributed by atoms with E-state index < -0.39 is 0 Å². The summed E-state index contributed by atoms with van der Waals surface area (Å²) in [4.78, 5) is 0. The summed E-state index contributed by atoms with van der Waals surface area (Å²) in [5.74, 6) is 1.98. The van der Waals surface area contributed by atoms with Crippen LogP contribution in [-0.4, -0.2) is 18.6 Å². The molecule has 0 aliphatic heterocycles. The van der Waals surface area contributed by atoms with Crippen molar-refractivity contribution in [2.24, 2.45) is 0 Å². The molecule has 0 aliphatic carbocycles. The van der Waals surface area contributed by atoms with E-state index in [1.165, 1.54) is 42.0 Å². The molecule has 0 saturated carbocycles. The van der Waals surface area contributed by atoms with Gasteiger partial charge in [-0.05, 0) is 67.5 Å². The highest BCUT2D eigenvalue weighted by Gasteiger charge is 2.09. The molecule has 2 aromatic carbocycles. The summed E-state index contributed by atoms with van der Waals surface area (Å²) in [5, 5.41) is 2.80. The normalized spacial score (nSPS) is 12.3. The van der Waals surface area contributed by atoms with E-state index in [2.05, 4.69) is 51.1 Å². The first kappa shape index (κ1) is 23.9. The van der Waals surface area contributed by atoms with Gasteiger partial charge in [0.2, 0.25) is 0 Å². The number of hydrogen-bond acceptors (Lipinski definition) is 2. The zero-order valence-corrected chi connectivity index (χ0v) is 19.4. The second-order valence-corrected chi connectivity index (χ2v) is 8.51. The third-order valence-electron chi connectivity index (χ3n) is 5.54. The Morgan fingerprint density at radius 3 is 2.34 bits per heavy atom. The van der Waals surface area contributed by atoms with Crippen molar-refractivity contribution in [2.45, 2.75) is 90.4 Å². The Bertz CT molecular complexity index is 713. The van der Waals surface area contributed by atoms with Crippen LogP contribution in [0, 0.1) is 0 Å². The van der Waals surface area contributed by atoms with Gasteiger partial charge in [0.15, 0.2) is 0 Å². The highest BCUT2D eigenvalue weighted by Crippen LogP contribution is 2.31. The summed E-state index contributed by atoms with van der Waals surface area (Å²) in [6, 6.07) is 10.7. The van der Waals surface area contributed by atoms with E-state index >= 15 is 0 Å². The third kappa shape index (κ3) is 8.09. The predicted molar refractivity (Wildman–Crippen MR) is 127 cm³/mol. The Morgan fingerprint density at radius 2 is 1.59 bits per heavy atom. The SMILES string of the molecule is CCCCCCCOc1ccc2c(CC)c(OCCCCC(Cl)CC)ccc2c1. The number of unbranched alkanes of at least 4 members (excludes halogenated alkanes) is 5. The molecule has 0 N–H and O–H groups in total. The Kier molecular flexibility index (Phi) is 11.3. The van der Waals surface area contributed by atoms with Crippen LogP contribution < -0.4 is 9.47 Å². The number of halogens is 1. The van der Waals surface area contributed by atoms with Gasteiger partial charge in [-0.3, -0.25) is 0 Å². The average Bonchev–Trinajstić information content (AvgIpc) is 2.75. The minimum atomic E-state index is 0.301. The van der Waals surface area contributed by atoms with Gasteiger partial charge in [-0.2, -0.15) is 0 Å². The van der Waals surface area contributed by atoms with Gasteiger partial charge in [-0.15, -0.1) is 11.6 Å². The maximum Gasteiger partial charge on any atom is 0.123 e. The highest BCUT2D eigenvalue weighted by atomic mass is 35.5. The first-order chi connectivity index (χ1) is 14.2. The predicted octanol–water partition coefficient (Wildman–Crippen LogP) is 8.32. The van der Waals surface area contributed by atoms with Gasteiger partial charge in [-0.1, -0.05) is 58.6 Å². The number of alkyl halides is 1. The summed E-state index contributed by atoms with van der Waals surface area (Å²) >= 11 is 6.20. The molecule has 162 valence electrons. The Hall–Kier alpha value is -1.41. The lowest BCUT2D eigenvalue weighted by atomic mass is 10.0. The molecule has 0 aromatic heterocycles. The number of benzene rings is 2. The molecule has 0 amide bonds. The topological polar surface area (TPSA) is 18.5 Å². The van der Waals surface area contributed by atoms with Gasteiger partial charge in [0.25, 0.3) is 0 Å². The molecule has 0 aliphatic rings. The van der Waals surface area contributed by atoms with Crippen molar-refractivity contribution >= 4 is 22.4 Å². The Balaban J connectivity index is 1.90. The summed E-state index contributed by atoms with van der Waals surface area (Å²) < 4.78 is 12.1. The van der Waals surface area contributed by atoms with Crippen LogP contribution in [0.15, 0.2) is 30.3 Å². The van der Waals surface area contributed by atoms with Gasteiger partial charge in [0.1, 0.15) is 11.5 Å². The molecule has 0 saturated heterocycles. The van der Waals surface area contributed by atoms with Gasteiger partial charge in [0, 0.05) is 10.9 Å². The summed E-state index contributed by atoms with van der Waals surface area (Å²) in [6.45, 7) is 8.14. The molecule has 0 radical (unpaired) electrons. The van der Waals surface area contributed by atoms with Crippen LogP contribution in [0.25, 0.3) is 10.8 Å². The lowest BCUT2D eigenvalue weighted by Crippen LogP contribution is -2.03. The molecular weight excluding hydrogens is 380 g/mol. The molecule has 0 spiro atoms. The van der Waals surface area contributed by atoms with E-state index in [0.717, 1.165) is 63.2 Å². The van der Waals surface area contributed by atoms with Crippen LogP contribution in [0.3, 0.4) is 0 Å². The average molecular weight is 419 g/mol. The fraction of sp³-hybridized carbons (Fsp3) is 0.615. The summed E-state index contributed by atoms with van der Waals surface area (Å²) in [6.07, 6.45) is 11.6. The van der Waals surface area contributed by atoms with Crippen LogP contribution in [0.2, 0.25) is 0 Å². The first-order valence-corrected chi connectivity index (χ1v) is 12.1.